The minimum atomic E-state index is -0.979. The summed E-state index contributed by atoms with van der Waals surface area (Å²) in [5.41, 5.74) is -0.663. The molecular formula is C16H14FN3O4S. The lowest BCUT2D eigenvalue weighted by molar-refractivity contribution is -0.387. The normalized spacial score (nSPS) is 14.4. The van der Waals surface area contributed by atoms with E-state index in [4.69, 9.17) is 0 Å². The zero-order valence-electron chi connectivity index (χ0n) is 13.1. The van der Waals surface area contributed by atoms with Gasteiger partial charge in [-0.2, -0.15) is 4.39 Å². The highest BCUT2D eigenvalue weighted by Crippen LogP contribution is 2.20. The Hall–Kier alpha value is -2.81. The fourth-order valence-corrected chi connectivity index (χ4v) is 3.33. The molecule has 0 atom stereocenters. The van der Waals surface area contributed by atoms with Crippen LogP contribution in [0.25, 0.3) is 0 Å². The smallest absolute Gasteiger partial charge is 0.305 e. The standard InChI is InChI=1S/C16H14FN3O4S/c17-12-4-3-11(10-13(12)20(23)24)15(21)18-5-7-19(8-6-18)16(22)14-2-1-9-25-14/h1-4,9-10H,5-8H2. The maximum Gasteiger partial charge on any atom is 0.305 e. The Morgan fingerprint density at radius 2 is 1.72 bits per heavy atom. The summed E-state index contributed by atoms with van der Waals surface area (Å²) >= 11 is 1.36. The Balaban J connectivity index is 1.67. The molecule has 1 aromatic heterocycles. The van der Waals surface area contributed by atoms with Gasteiger partial charge in [0.2, 0.25) is 5.82 Å². The first-order chi connectivity index (χ1) is 12.0. The highest BCUT2D eigenvalue weighted by Gasteiger charge is 2.27. The molecule has 130 valence electrons. The average molecular weight is 363 g/mol. The maximum atomic E-state index is 13.4. The molecule has 0 bridgehead atoms. The van der Waals surface area contributed by atoms with Gasteiger partial charge in [0.25, 0.3) is 11.8 Å². The molecule has 0 aliphatic carbocycles. The molecule has 25 heavy (non-hydrogen) atoms. The molecule has 1 aromatic carbocycles. The van der Waals surface area contributed by atoms with Crippen LogP contribution >= 0.6 is 11.3 Å². The number of rotatable bonds is 3. The molecule has 2 amide bonds. The third-order valence-corrected chi connectivity index (χ3v) is 4.83. The van der Waals surface area contributed by atoms with Gasteiger partial charge in [-0.3, -0.25) is 19.7 Å². The second-order valence-corrected chi connectivity index (χ2v) is 6.43. The van der Waals surface area contributed by atoms with Gasteiger partial charge in [-0.1, -0.05) is 6.07 Å². The lowest BCUT2D eigenvalue weighted by atomic mass is 10.1. The second-order valence-electron chi connectivity index (χ2n) is 5.49. The van der Waals surface area contributed by atoms with Gasteiger partial charge in [0.1, 0.15) is 0 Å². The van der Waals surface area contributed by atoms with Crippen molar-refractivity contribution >= 4 is 28.8 Å². The molecule has 1 aliphatic heterocycles. The number of hydrogen-bond acceptors (Lipinski definition) is 5. The largest absolute Gasteiger partial charge is 0.335 e. The van der Waals surface area contributed by atoms with Crippen molar-refractivity contribution in [3.05, 3.63) is 62.1 Å². The molecule has 0 N–H and O–H groups in total. The molecule has 1 aliphatic rings. The Morgan fingerprint density at radius 3 is 2.28 bits per heavy atom. The summed E-state index contributed by atoms with van der Waals surface area (Å²) in [6, 6.07) is 6.65. The molecule has 1 fully saturated rings. The first-order valence-corrected chi connectivity index (χ1v) is 8.41. The van der Waals surface area contributed by atoms with Gasteiger partial charge in [-0.15, -0.1) is 11.3 Å². The molecule has 0 saturated carbocycles. The molecular weight excluding hydrogens is 349 g/mol. The van der Waals surface area contributed by atoms with Crippen molar-refractivity contribution in [3.63, 3.8) is 0 Å². The molecule has 2 aromatic rings. The van der Waals surface area contributed by atoms with Crippen molar-refractivity contribution in [1.82, 2.24) is 9.80 Å². The Labute approximate surface area is 146 Å². The van der Waals surface area contributed by atoms with Gasteiger partial charge in [-0.05, 0) is 23.6 Å². The molecule has 0 unspecified atom stereocenters. The van der Waals surface area contributed by atoms with E-state index in [1.807, 2.05) is 5.38 Å². The minimum Gasteiger partial charge on any atom is -0.335 e. The summed E-state index contributed by atoms with van der Waals surface area (Å²) in [5, 5.41) is 12.6. The highest BCUT2D eigenvalue weighted by molar-refractivity contribution is 7.12. The van der Waals surface area contributed by atoms with Gasteiger partial charge < -0.3 is 9.80 Å². The van der Waals surface area contributed by atoms with Crippen molar-refractivity contribution in [2.45, 2.75) is 0 Å². The fraction of sp³-hybridized carbons (Fsp3) is 0.250. The Morgan fingerprint density at radius 1 is 1.08 bits per heavy atom. The molecule has 3 rings (SSSR count). The first kappa shape index (κ1) is 17.0. The number of hydrogen-bond donors (Lipinski definition) is 0. The van der Waals surface area contributed by atoms with Crippen LogP contribution in [0.2, 0.25) is 0 Å². The number of nitro benzene ring substituents is 1. The summed E-state index contributed by atoms with van der Waals surface area (Å²) < 4.78 is 13.4. The highest BCUT2D eigenvalue weighted by atomic mass is 32.1. The quantitative estimate of drug-likeness (QED) is 0.619. The molecule has 0 spiro atoms. The number of nitrogens with zero attached hydrogens (tertiary/aromatic N) is 3. The number of benzene rings is 1. The number of carbonyl (C=O) groups is 2. The van der Waals surface area contributed by atoms with Crippen LogP contribution < -0.4 is 0 Å². The van der Waals surface area contributed by atoms with Crippen LogP contribution in [-0.4, -0.2) is 52.7 Å². The van der Waals surface area contributed by atoms with Gasteiger partial charge in [0.05, 0.1) is 9.80 Å². The van der Waals surface area contributed by atoms with Gasteiger partial charge in [-0.25, -0.2) is 0 Å². The summed E-state index contributed by atoms with van der Waals surface area (Å²) in [5.74, 6) is -1.46. The number of halogens is 1. The van der Waals surface area contributed by atoms with Crippen molar-refractivity contribution < 1.29 is 18.9 Å². The van der Waals surface area contributed by atoms with Crippen LogP contribution in [0.4, 0.5) is 10.1 Å². The van der Waals surface area contributed by atoms with E-state index < -0.39 is 22.3 Å². The monoisotopic (exact) mass is 363 g/mol. The number of carbonyl (C=O) groups excluding carboxylic acids is 2. The third kappa shape index (κ3) is 3.50. The first-order valence-electron chi connectivity index (χ1n) is 7.53. The summed E-state index contributed by atoms with van der Waals surface area (Å²) in [7, 11) is 0. The average Bonchev–Trinajstić information content (AvgIpc) is 3.15. The van der Waals surface area contributed by atoms with Crippen LogP contribution in [0, 0.1) is 15.9 Å². The van der Waals surface area contributed by atoms with Crippen molar-refractivity contribution in [2.75, 3.05) is 26.2 Å². The third-order valence-electron chi connectivity index (χ3n) is 3.98. The summed E-state index contributed by atoms with van der Waals surface area (Å²) in [6.45, 7) is 1.40. The Bertz CT molecular complexity index is 817. The van der Waals surface area contributed by atoms with Crippen LogP contribution in [0.3, 0.4) is 0 Å². The Kier molecular flexibility index (Phi) is 4.75. The van der Waals surface area contributed by atoms with Gasteiger partial charge >= 0.3 is 5.69 Å². The second kappa shape index (κ2) is 6.98. The van der Waals surface area contributed by atoms with E-state index in [2.05, 4.69) is 0 Å². The summed E-state index contributed by atoms with van der Waals surface area (Å²) in [4.78, 5) is 38.5. The number of amides is 2. The lowest BCUT2D eigenvalue weighted by Crippen LogP contribution is -2.50. The molecule has 7 nitrogen and oxygen atoms in total. The molecule has 1 saturated heterocycles. The van der Waals surface area contributed by atoms with E-state index in [-0.39, 0.29) is 11.5 Å². The zero-order valence-corrected chi connectivity index (χ0v) is 13.9. The van der Waals surface area contributed by atoms with E-state index in [1.54, 1.807) is 17.0 Å². The van der Waals surface area contributed by atoms with Gasteiger partial charge in [0, 0.05) is 37.8 Å². The van der Waals surface area contributed by atoms with E-state index in [0.717, 1.165) is 12.1 Å². The molecule has 9 heteroatoms. The minimum absolute atomic E-state index is 0.0612. The van der Waals surface area contributed by atoms with Crippen molar-refractivity contribution in [1.29, 1.82) is 0 Å². The number of piperazine rings is 1. The van der Waals surface area contributed by atoms with E-state index in [1.165, 1.54) is 22.3 Å². The van der Waals surface area contributed by atoms with Crippen LogP contribution in [0.5, 0.6) is 0 Å². The van der Waals surface area contributed by atoms with Crippen molar-refractivity contribution in [3.8, 4) is 0 Å². The predicted molar refractivity (Wildman–Crippen MR) is 89.2 cm³/mol. The summed E-state index contributed by atoms with van der Waals surface area (Å²) in [6.07, 6.45) is 0. The maximum absolute atomic E-state index is 13.4. The van der Waals surface area contributed by atoms with E-state index in [0.29, 0.717) is 31.1 Å². The van der Waals surface area contributed by atoms with Gasteiger partial charge in [0.15, 0.2) is 0 Å². The SMILES string of the molecule is O=C(c1ccc(F)c([N+](=O)[O-])c1)N1CCN(C(=O)c2cccs2)CC1. The molecule has 0 radical (unpaired) electrons. The lowest BCUT2D eigenvalue weighted by Gasteiger charge is -2.34. The van der Waals surface area contributed by atoms with Crippen molar-refractivity contribution in [2.24, 2.45) is 0 Å². The number of nitro groups is 1. The fourth-order valence-electron chi connectivity index (χ4n) is 2.64. The van der Waals surface area contributed by atoms with Crippen LogP contribution in [0.1, 0.15) is 20.0 Å². The van der Waals surface area contributed by atoms with Crippen LogP contribution in [0.15, 0.2) is 35.7 Å². The van der Waals surface area contributed by atoms with E-state index in [9.17, 15) is 24.1 Å². The van der Waals surface area contributed by atoms with Crippen LogP contribution in [-0.2, 0) is 0 Å². The predicted octanol–water partition coefficient (Wildman–Crippen LogP) is 2.39. The number of thiophene rings is 1. The topological polar surface area (TPSA) is 83.8 Å². The zero-order chi connectivity index (χ0) is 18.0. The molecule has 2 heterocycles. The van der Waals surface area contributed by atoms with E-state index >= 15 is 0 Å².